The third-order valence-electron chi connectivity index (χ3n) is 5.14. The molecule has 0 aliphatic heterocycles. The molecule has 0 saturated heterocycles. The zero-order valence-corrected chi connectivity index (χ0v) is 17.7. The average molecular weight is 335 g/mol. The summed E-state index contributed by atoms with van der Waals surface area (Å²) in [5.41, 5.74) is -0.0495. The fourth-order valence-electron chi connectivity index (χ4n) is 2.57. The quantitative estimate of drug-likeness (QED) is 0.498. The topological polar surface area (TPSA) is 18.5 Å². The van der Waals surface area contributed by atoms with Gasteiger partial charge in [-0.05, 0) is 71.0 Å². The largest absolute Gasteiger partial charge is 0.378 e. The van der Waals surface area contributed by atoms with Crippen LogP contribution < -0.4 is 0 Å². The van der Waals surface area contributed by atoms with E-state index in [9.17, 15) is 0 Å². The minimum absolute atomic E-state index is 0.0495. The van der Waals surface area contributed by atoms with E-state index < -0.39 is 10.0 Å². The van der Waals surface area contributed by atoms with Crippen LogP contribution in [0.3, 0.4) is 0 Å². The Bertz CT molecular complexity index is 300. The van der Waals surface area contributed by atoms with E-state index in [-0.39, 0.29) is 17.8 Å². The SMILES string of the molecule is CCOC(C)C(C)C(C)OC(C)(C)CCCS(C)(C)C(C)C. The van der Waals surface area contributed by atoms with Crippen LogP contribution in [0.4, 0.5) is 0 Å². The predicted octanol–water partition coefficient (Wildman–Crippen LogP) is 5.48. The molecule has 3 heteroatoms. The second kappa shape index (κ2) is 9.54. The monoisotopic (exact) mass is 334 g/mol. The first-order chi connectivity index (χ1) is 9.93. The fourth-order valence-corrected chi connectivity index (χ4v) is 3.93. The molecule has 0 N–H and O–H groups in total. The Morgan fingerprint density at radius 1 is 0.955 bits per heavy atom. The van der Waals surface area contributed by atoms with Gasteiger partial charge in [-0.15, -0.1) is 0 Å². The molecule has 0 saturated carbocycles. The highest BCUT2D eigenvalue weighted by Gasteiger charge is 2.28. The molecule has 0 spiro atoms. The summed E-state index contributed by atoms with van der Waals surface area (Å²) in [6.45, 7) is 18.6. The maximum atomic E-state index is 6.37. The molecular formula is C19H42O2S. The zero-order valence-electron chi connectivity index (χ0n) is 16.9. The Morgan fingerprint density at radius 3 is 1.95 bits per heavy atom. The lowest BCUT2D eigenvalue weighted by Gasteiger charge is -2.38. The highest BCUT2D eigenvalue weighted by molar-refractivity contribution is 8.33. The number of hydrogen-bond acceptors (Lipinski definition) is 2. The van der Waals surface area contributed by atoms with Crippen molar-refractivity contribution < 1.29 is 9.47 Å². The average Bonchev–Trinajstić information content (AvgIpc) is 2.36. The van der Waals surface area contributed by atoms with E-state index in [0.717, 1.165) is 18.3 Å². The molecule has 0 radical (unpaired) electrons. The molecule has 22 heavy (non-hydrogen) atoms. The van der Waals surface area contributed by atoms with E-state index in [2.05, 4.69) is 67.9 Å². The summed E-state index contributed by atoms with van der Waals surface area (Å²) in [4.78, 5) is 0. The summed E-state index contributed by atoms with van der Waals surface area (Å²) in [5.74, 6) is 1.76. The highest BCUT2D eigenvalue weighted by atomic mass is 32.3. The van der Waals surface area contributed by atoms with Gasteiger partial charge in [0.1, 0.15) is 0 Å². The summed E-state index contributed by atoms with van der Waals surface area (Å²) in [6, 6.07) is 0. The van der Waals surface area contributed by atoms with Gasteiger partial charge >= 0.3 is 0 Å². The van der Waals surface area contributed by atoms with Gasteiger partial charge in [0.25, 0.3) is 0 Å². The second-order valence-electron chi connectivity index (χ2n) is 8.08. The minimum Gasteiger partial charge on any atom is -0.378 e. The molecule has 0 fully saturated rings. The zero-order chi connectivity index (χ0) is 17.6. The van der Waals surface area contributed by atoms with Crippen molar-refractivity contribution in [3.05, 3.63) is 0 Å². The molecular weight excluding hydrogens is 292 g/mol. The molecule has 0 aromatic heterocycles. The van der Waals surface area contributed by atoms with Crippen LogP contribution in [-0.4, -0.2) is 47.9 Å². The summed E-state index contributed by atoms with van der Waals surface area (Å²) >= 11 is 0. The van der Waals surface area contributed by atoms with Crippen molar-refractivity contribution in [3.63, 3.8) is 0 Å². The van der Waals surface area contributed by atoms with Crippen LogP contribution in [0.2, 0.25) is 0 Å². The summed E-state index contributed by atoms with van der Waals surface area (Å²) < 4.78 is 12.1. The third kappa shape index (κ3) is 8.21. The highest BCUT2D eigenvalue weighted by Crippen LogP contribution is 2.46. The molecule has 3 unspecified atom stereocenters. The first-order valence-electron chi connectivity index (χ1n) is 8.92. The normalized spacial score (nSPS) is 18.3. The first kappa shape index (κ1) is 22.3. The smallest absolute Gasteiger partial charge is 0.0630 e. The van der Waals surface area contributed by atoms with Crippen molar-refractivity contribution in [1.29, 1.82) is 0 Å². The van der Waals surface area contributed by atoms with Crippen LogP contribution in [0, 0.1) is 5.92 Å². The van der Waals surface area contributed by atoms with Crippen molar-refractivity contribution in [2.24, 2.45) is 5.92 Å². The maximum Gasteiger partial charge on any atom is 0.0630 e. The second-order valence-corrected chi connectivity index (χ2v) is 12.7. The van der Waals surface area contributed by atoms with Gasteiger partial charge < -0.3 is 9.47 Å². The van der Waals surface area contributed by atoms with E-state index in [0.29, 0.717) is 5.92 Å². The van der Waals surface area contributed by atoms with Gasteiger partial charge in [0, 0.05) is 12.5 Å². The number of ether oxygens (including phenoxy) is 2. The molecule has 0 bridgehead atoms. The fraction of sp³-hybridized carbons (Fsp3) is 1.00. The number of rotatable bonds is 11. The lowest BCUT2D eigenvalue weighted by molar-refractivity contribution is -0.113. The van der Waals surface area contributed by atoms with Gasteiger partial charge in [-0.1, -0.05) is 20.8 Å². The van der Waals surface area contributed by atoms with Crippen LogP contribution in [0.25, 0.3) is 0 Å². The molecule has 0 amide bonds. The molecule has 0 aromatic carbocycles. The van der Waals surface area contributed by atoms with Gasteiger partial charge in [0.05, 0.1) is 17.8 Å². The Kier molecular flexibility index (Phi) is 9.65. The minimum atomic E-state index is -0.462. The standard InChI is InChI=1S/C19H42O2S/c1-11-20-17(5)16(4)18(6)21-19(7,8)13-12-14-22(9,10)15(2)3/h15-18H,11-14H2,1-10H3. The number of hydrogen-bond donors (Lipinski definition) is 0. The Hall–Kier alpha value is 0.270. The third-order valence-corrected chi connectivity index (χ3v) is 9.03. The lowest BCUT2D eigenvalue weighted by atomic mass is 9.97. The first-order valence-corrected chi connectivity index (χ1v) is 11.6. The molecule has 0 aliphatic carbocycles. The van der Waals surface area contributed by atoms with Crippen LogP contribution >= 0.6 is 10.0 Å². The Morgan fingerprint density at radius 2 is 1.50 bits per heavy atom. The maximum absolute atomic E-state index is 6.37. The molecule has 3 atom stereocenters. The summed E-state index contributed by atoms with van der Waals surface area (Å²) in [5, 5.41) is 0.808. The van der Waals surface area contributed by atoms with Gasteiger partial charge in [-0.25, -0.2) is 10.0 Å². The molecule has 0 aromatic rings. The van der Waals surface area contributed by atoms with Crippen molar-refractivity contribution in [3.8, 4) is 0 Å². The van der Waals surface area contributed by atoms with Crippen molar-refractivity contribution in [2.75, 3.05) is 24.9 Å². The summed E-state index contributed by atoms with van der Waals surface area (Å²) in [6.07, 6.45) is 7.79. The predicted molar refractivity (Wildman–Crippen MR) is 104 cm³/mol. The van der Waals surface area contributed by atoms with Gasteiger partial charge in [0.2, 0.25) is 0 Å². The van der Waals surface area contributed by atoms with Crippen molar-refractivity contribution >= 4 is 10.0 Å². The van der Waals surface area contributed by atoms with Crippen LogP contribution in [0.15, 0.2) is 0 Å². The van der Waals surface area contributed by atoms with Gasteiger partial charge in [0.15, 0.2) is 0 Å². The van der Waals surface area contributed by atoms with Crippen LogP contribution in [0.5, 0.6) is 0 Å². The van der Waals surface area contributed by atoms with Crippen LogP contribution in [0.1, 0.15) is 68.2 Å². The van der Waals surface area contributed by atoms with Crippen LogP contribution in [-0.2, 0) is 9.47 Å². The molecule has 0 heterocycles. The molecule has 0 rings (SSSR count). The Labute approximate surface area is 142 Å². The van der Waals surface area contributed by atoms with E-state index in [1.165, 1.54) is 12.2 Å². The van der Waals surface area contributed by atoms with E-state index in [1.54, 1.807) is 0 Å². The molecule has 2 nitrogen and oxygen atoms in total. The lowest BCUT2D eigenvalue weighted by Crippen LogP contribution is -2.37. The molecule has 0 aliphatic rings. The van der Waals surface area contributed by atoms with E-state index in [1.807, 2.05) is 0 Å². The molecule has 136 valence electrons. The summed E-state index contributed by atoms with van der Waals surface area (Å²) in [7, 11) is -0.462. The van der Waals surface area contributed by atoms with Crippen molar-refractivity contribution in [1.82, 2.24) is 0 Å². The van der Waals surface area contributed by atoms with Crippen molar-refractivity contribution in [2.45, 2.75) is 91.3 Å². The van der Waals surface area contributed by atoms with E-state index in [4.69, 9.17) is 9.47 Å². The Balaban J connectivity index is 4.34. The van der Waals surface area contributed by atoms with E-state index >= 15 is 0 Å². The van der Waals surface area contributed by atoms with Gasteiger partial charge in [-0.2, -0.15) is 0 Å². The van der Waals surface area contributed by atoms with Gasteiger partial charge in [-0.3, -0.25) is 0 Å².